The van der Waals surface area contributed by atoms with E-state index in [0.29, 0.717) is 0 Å². The van der Waals surface area contributed by atoms with Crippen LogP contribution in [0.2, 0.25) is 0 Å². The summed E-state index contributed by atoms with van der Waals surface area (Å²) in [4.78, 5) is 25.7. The minimum absolute atomic E-state index is 0.0718. The third-order valence-electron chi connectivity index (χ3n) is 3.56. The zero-order chi connectivity index (χ0) is 17.1. The minimum atomic E-state index is -0.429. The van der Waals surface area contributed by atoms with E-state index in [1.165, 1.54) is 12.1 Å². The number of nitrogens with one attached hydrogen (secondary N) is 1. The molecule has 2 amide bonds. The maximum absolute atomic E-state index is 13.7. The molecule has 0 bridgehead atoms. The van der Waals surface area contributed by atoms with Crippen LogP contribution in [0, 0.1) is 12.7 Å². The van der Waals surface area contributed by atoms with Gasteiger partial charge >= 0.3 is 0 Å². The summed E-state index contributed by atoms with van der Waals surface area (Å²) < 4.78 is 13.7. The second-order valence-corrected chi connectivity index (χ2v) is 6.33. The Bertz CT molecular complexity index is 818. The number of hydrogen-bond donors (Lipinski definition) is 1. The number of benzene rings is 2. The minimum Gasteiger partial charge on any atom is -0.367 e. The molecule has 1 fully saturated rings. The van der Waals surface area contributed by atoms with Crippen molar-refractivity contribution in [3.8, 4) is 0 Å². The highest BCUT2D eigenvalue weighted by Crippen LogP contribution is 2.32. The van der Waals surface area contributed by atoms with Gasteiger partial charge < -0.3 is 5.32 Å². The number of hydrogen-bond acceptors (Lipinski definition) is 4. The van der Waals surface area contributed by atoms with Gasteiger partial charge in [0, 0.05) is 11.3 Å². The van der Waals surface area contributed by atoms with E-state index in [1.807, 2.05) is 31.2 Å². The molecule has 1 aliphatic heterocycles. The third kappa shape index (κ3) is 3.49. The Hall–Kier alpha value is -2.60. The van der Waals surface area contributed by atoms with Crippen molar-refractivity contribution < 1.29 is 14.0 Å². The predicted molar refractivity (Wildman–Crippen MR) is 93.9 cm³/mol. The van der Waals surface area contributed by atoms with Crippen molar-refractivity contribution >= 4 is 34.7 Å². The van der Waals surface area contributed by atoms with E-state index in [1.54, 1.807) is 18.2 Å². The zero-order valence-corrected chi connectivity index (χ0v) is 13.8. The number of halogens is 1. The highest BCUT2D eigenvalue weighted by atomic mass is 32.2. The van der Waals surface area contributed by atoms with E-state index in [2.05, 4.69) is 5.32 Å². The van der Waals surface area contributed by atoms with Gasteiger partial charge in [0.05, 0.1) is 11.6 Å². The lowest BCUT2D eigenvalue weighted by Crippen LogP contribution is -2.33. The molecule has 6 heteroatoms. The molecule has 0 saturated carbocycles. The molecule has 0 spiro atoms. The fraction of sp³-hybridized carbons (Fsp3) is 0.111. The molecule has 0 radical (unpaired) electrons. The van der Waals surface area contributed by atoms with E-state index in [0.717, 1.165) is 27.9 Å². The highest BCUT2D eigenvalue weighted by Gasteiger charge is 2.34. The Morgan fingerprint density at radius 1 is 1.12 bits per heavy atom. The summed E-state index contributed by atoms with van der Waals surface area (Å²) in [5.74, 6) is -0.852. The summed E-state index contributed by atoms with van der Waals surface area (Å²) >= 11 is 0.815. The molecule has 0 unspecified atom stereocenters. The van der Waals surface area contributed by atoms with Gasteiger partial charge in [0.2, 0.25) is 0 Å². The first-order chi connectivity index (χ1) is 11.5. The number of thioether (sulfide) groups is 1. The normalized spacial score (nSPS) is 16.1. The van der Waals surface area contributed by atoms with Crippen LogP contribution in [0.4, 0.5) is 14.9 Å². The van der Waals surface area contributed by atoms with Crippen molar-refractivity contribution in [3.05, 3.63) is 70.4 Å². The largest absolute Gasteiger partial charge is 0.367 e. The third-order valence-corrected chi connectivity index (χ3v) is 4.47. The average Bonchev–Trinajstić information content (AvgIpc) is 2.83. The number of anilines is 1. The molecule has 1 heterocycles. The monoisotopic (exact) mass is 342 g/mol. The second kappa shape index (κ2) is 6.88. The number of carbonyl (C=O) groups is 2. The predicted octanol–water partition coefficient (Wildman–Crippen LogP) is 4.24. The number of aryl methyl sites for hydroxylation is 1. The van der Waals surface area contributed by atoms with Crippen LogP contribution >= 0.6 is 11.8 Å². The molecule has 1 aliphatic rings. The molecule has 1 N–H and O–H groups in total. The maximum atomic E-state index is 13.7. The summed E-state index contributed by atoms with van der Waals surface area (Å²) in [7, 11) is 0. The van der Waals surface area contributed by atoms with Gasteiger partial charge in [0.15, 0.2) is 0 Å². The standard InChI is InChI=1S/C18H15FN2O2S/c1-12-6-8-14(9-7-12)20-11-21-17(22)16(24-18(21)23)10-13-4-2-3-5-15(13)19/h2-10,20H,11H2,1H3/b16-10+. The van der Waals surface area contributed by atoms with Crippen LogP contribution < -0.4 is 5.32 Å². The van der Waals surface area contributed by atoms with E-state index in [9.17, 15) is 14.0 Å². The molecule has 24 heavy (non-hydrogen) atoms. The van der Waals surface area contributed by atoms with Crippen LogP contribution in [0.1, 0.15) is 11.1 Å². The lowest BCUT2D eigenvalue weighted by atomic mass is 10.2. The molecule has 4 nitrogen and oxygen atoms in total. The van der Waals surface area contributed by atoms with Gasteiger partial charge in [-0.2, -0.15) is 0 Å². The van der Waals surface area contributed by atoms with Gasteiger partial charge in [0.25, 0.3) is 11.1 Å². The van der Waals surface area contributed by atoms with E-state index >= 15 is 0 Å². The summed E-state index contributed by atoms with van der Waals surface area (Å²) in [5.41, 5.74) is 2.23. The zero-order valence-electron chi connectivity index (χ0n) is 13.0. The Balaban J connectivity index is 1.72. The van der Waals surface area contributed by atoms with Crippen LogP contribution in [0.25, 0.3) is 6.08 Å². The smallest absolute Gasteiger partial charge is 0.295 e. The van der Waals surface area contributed by atoms with E-state index < -0.39 is 11.7 Å². The number of carbonyl (C=O) groups excluding carboxylic acids is 2. The quantitative estimate of drug-likeness (QED) is 0.845. The van der Waals surface area contributed by atoms with Gasteiger partial charge in [-0.15, -0.1) is 0 Å². The summed E-state index contributed by atoms with van der Waals surface area (Å²) in [6, 6.07) is 13.8. The van der Waals surface area contributed by atoms with Crippen LogP contribution in [0.15, 0.2) is 53.4 Å². The lowest BCUT2D eigenvalue weighted by Gasteiger charge is -2.14. The van der Waals surface area contributed by atoms with Crippen molar-refractivity contribution in [2.24, 2.45) is 0 Å². The van der Waals surface area contributed by atoms with Crippen molar-refractivity contribution in [3.63, 3.8) is 0 Å². The number of amides is 2. The number of imide groups is 1. The molecule has 0 aliphatic carbocycles. The summed E-state index contributed by atoms with van der Waals surface area (Å²) in [6.45, 7) is 2.05. The lowest BCUT2D eigenvalue weighted by molar-refractivity contribution is -0.122. The van der Waals surface area contributed by atoms with Crippen LogP contribution in [-0.4, -0.2) is 22.7 Å². The Morgan fingerprint density at radius 2 is 1.83 bits per heavy atom. The molecular weight excluding hydrogens is 327 g/mol. The molecule has 1 saturated heterocycles. The van der Waals surface area contributed by atoms with Crippen molar-refractivity contribution in [2.45, 2.75) is 6.92 Å². The average molecular weight is 342 g/mol. The molecule has 2 aromatic carbocycles. The van der Waals surface area contributed by atoms with Crippen LogP contribution in [-0.2, 0) is 4.79 Å². The van der Waals surface area contributed by atoms with Gasteiger partial charge in [0.1, 0.15) is 5.82 Å². The molecule has 0 aromatic heterocycles. The van der Waals surface area contributed by atoms with Crippen molar-refractivity contribution in [1.82, 2.24) is 4.90 Å². The summed E-state index contributed by atoms with van der Waals surface area (Å²) in [5, 5.41) is 2.67. The first-order valence-corrected chi connectivity index (χ1v) is 8.17. The SMILES string of the molecule is Cc1ccc(NCN2C(=O)S/C(=C/c3ccccc3F)C2=O)cc1. The van der Waals surface area contributed by atoms with Crippen molar-refractivity contribution in [2.75, 3.05) is 12.0 Å². The van der Waals surface area contributed by atoms with Crippen LogP contribution in [0.3, 0.4) is 0 Å². The first kappa shape index (κ1) is 16.3. The molecular formula is C18H15FN2O2S. The molecule has 122 valence electrons. The molecule has 3 rings (SSSR count). The highest BCUT2D eigenvalue weighted by molar-refractivity contribution is 8.18. The topological polar surface area (TPSA) is 49.4 Å². The van der Waals surface area contributed by atoms with E-state index in [4.69, 9.17) is 0 Å². The number of rotatable bonds is 4. The Kier molecular flexibility index (Phi) is 4.66. The van der Waals surface area contributed by atoms with Gasteiger partial charge in [-0.25, -0.2) is 4.39 Å². The Morgan fingerprint density at radius 3 is 2.54 bits per heavy atom. The Labute approximate surface area is 143 Å². The van der Waals surface area contributed by atoms with E-state index in [-0.39, 0.29) is 22.4 Å². The van der Waals surface area contributed by atoms with Gasteiger partial charge in [-0.1, -0.05) is 35.9 Å². The number of nitrogens with zero attached hydrogens (tertiary/aromatic N) is 1. The first-order valence-electron chi connectivity index (χ1n) is 7.35. The van der Waals surface area contributed by atoms with Crippen LogP contribution in [0.5, 0.6) is 0 Å². The fourth-order valence-electron chi connectivity index (χ4n) is 2.21. The maximum Gasteiger partial charge on any atom is 0.295 e. The molecule has 0 atom stereocenters. The fourth-order valence-corrected chi connectivity index (χ4v) is 3.04. The summed E-state index contributed by atoms with van der Waals surface area (Å²) in [6.07, 6.45) is 1.41. The van der Waals surface area contributed by atoms with Crippen molar-refractivity contribution in [1.29, 1.82) is 0 Å². The van der Waals surface area contributed by atoms with Gasteiger partial charge in [-0.05, 0) is 43.0 Å². The second-order valence-electron chi connectivity index (χ2n) is 5.33. The molecule has 2 aromatic rings. The van der Waals surface area contributed by atoms with Gasteiger partial charge in [-0.3, -0.25) is 14.5 Å².